The third-order valence-corrected chi connectivity index (χ3v) is 7.01. The van der Waals surface area contributed by atoms with Gasteiger partial charge in [-0.25, -0.2) is 4.79 Å². The van der Waals surface area contributed by atoms with Crippen LogP contribution in [0.5, 0.6) is 0 Å². The van der Waals surface area contributed by atoms with Crippen LogP contribution in [0.1, 0.15) is 24.8 Å². The van der Waals surface area contributed by atoms with Crippen molar-refractivity contribution in [3.8, 4) is 0 Å². The van der Waals surface area contributed by atoms with Gasteiger partial charge in [0, 0.05) is 5.92 Å². The van der Waals surface area contributed by atoms with Crippen LogP contribution in [-0.2, 0) is 16.0 Å². The highest BCUT2D eigenvalue weighted by atomic mass is 127. The van der Waals surface area contributed by atoms with E-state index >= 15 is 0 Å². The molecule has 3 aliphatic rings. The van der Waals surface area contributed by atoms with Crippen molar-refractivity contribution in [1.29, 1.82) is 0 Å². The van der Waals surface area contributed by atoms with Gasteiger partial charge in [0.1, 0.15) is 11.7 Å². The fourth-order valence-electron chi connectivity index (χ4n) is 4.26. The van der Waals surface area contributed by atoms with Crippen molar-refractivity contribution in [2.45, 2.75) is 40.8 Å². The van der Waals surface area contributed by atoms with Gasteiger partial charge in [0.15, 0.2) is 0 Å². The van der Waals surface area contributed by atoms with Crippen molar-refractivity contribution in [3.05, 3.63) is 47.5 Å². The van der Waals surface area contributed by atoms with E-state index in [0.717, 1.165) is 25.7 Å². The molecule has 2 aliphatic carbocycles. The highest BCUT2D eigenvalue weighted by molar-refractivity contribution is 14.1. The Balaban J connectivity index is 1.71. The molecule has 1 heterocycles. The summed E-state index contributed by atoms with van der Waals surface area (Å²) in [6.45, 7) is 0. The predicted molar refractivity (Wildman–Crippen MR) is 87.2 cm³/mol. The quantitative estimate of drug-likeness (QED) is 0.475. The first kappa shape index (κ1) is 13.8. The van der Waals surface area contributed by atoms with Crippen molar-refractivity contribution in [1.82, 2.24) is 0 Å². The number of allylic oxidation sites excluding steroid dienone is 1. The smallest absolute Gasteiger partial charge is 0.337 e. The van der Waals surface area contributed by atoms with Crippen LogP contribution in [0.2, 0.25) is 0 Å². The first-order chi connectivity index (χ1) is 10.0. The van der Waals surface area contributed by atoms with Gasteiger partial charge in [-0.2, -0.15) is 0 Å². The van der Waals surface area contributed by atoms with Crippen molar-refractivity contribution < 1.29 is 14.6 Å². The lowest BCUT2D eigenvalue weighted by atomic mass is 9.77. The molecule has 4 atom stereocenters. The molecule has 1 unspecified atom stereocenters. The molecule has 3 nitrogen and oxygen atoms in total. The lowest BCUT2D eigenvalue weighted by Crippen LogP contribution is -2.52. The fourth-order valence-corrected chi connectivity index (χ4v) is 5.73. The topological polar surface area (TPSA) is 46.5 Å². The third kappa shape index (κ3) is 1.78. The largest absolute Gasteiger partial charge is 0.455 e. The number of hydrogen-bond acceptors (Lipinski definition) is 3. The lowest BCUT2D eigenvalue weighted by Gasteiger charge is -2.39. The van der Waals surface area contributed by atoms with Gasteiger partial charge in [0.25, 0.3) is 0 Å². The molecule has 1 aromatic carbocycles. The molecule has 110 valence electrons. The zero-order valence-corrected chi connectivity index (χ0v) is 13.7. The molecule has 1 saturated carbocycles. The van der Waals surface area contributed by atoms with E-state index in [1.165, 1.54) is 5.56 Å². The van der Waals surface area contributed by atoms with E-state index in [2.05, 4.69) is 34.7 Å². The van der Waals surface area contributed by atoms with Crippen LogP contribution in [0.25, 0.3) is 0 Å². The van der Waals surface area contributed by atoms with Gasteiger partial charge in [-0.15, -0.1) is 0 Å². The number of aliphatic hydroxyl groups is 1. The Hall–Kier alpha value is -0.880. The lowest BCUT2D eigenvalue weighted by molar-refractivity contribution is -0.142. The molecule has 0 aromatic heterocycles. The number of hydrogen-bond donors (Lipinski definition) is 1. The maximum atomic E-state index is 12.1. The summed E-state index contributed by atoms with van der Waals surface area (Å²) >= 11 is 2.37. The summed E-state index contributed by atoms with van der Waals surface area (Å²) in [4.78, 5) is 12.1. The summed E-state index contributed by atoms with van der Waals surface area (Å²) in [7, 11) is 0. The van der Waals surface area contributed by atoms with Crippen molar-refractivity contribution in [2.24, 2.45) is 5.92 Å². The normalized spacial score (nSPS) is 40.7. The first-order valence-electron chi connectivity index (χ1n) is 7.41. The van der Waals surface area contributed by atoms with Crippen LogP contribution in [0.4, 0.5) is 0 Å². The van der Waals surface area contributed by atoms with Crippen LogP contribution in [0, 0.1) is 5.92 Å². The van der Waals surface area contributed by atoms with Gasteiger partial charge >= 0.3 is 5.97 Å². The van der Waals surface area contributed by atoms with Crippen LogP contribution >= 0.6 is 22.6 Å². The molecule has 0 spiro atoms. The highest BCUT2D eigenvalue weighted by Gasteiger charge is 2.71. The molecular formula is C17H17IO3. The van der Waals surface area contributed by atoms with Gasteiger partial charge in [-0.3, -0.25) is 0 Å². The number of rotatable bonds is 2. The summed E-state index contributed by atoms with van der Waals surface area (Å²) in [5, 5.41) is 11.3. The zero-order chi connectivity index (χ0) is 14.7. The second kappa shape index (κ2) is 4.56. The van der Waals surface area contributed by atoms with Gasteiger partial charge in [-0.05, 0) is 31.2 Å². The first-order valence-corrected chi connectivity index (χ1v) is 8.49. The minimum atomic E-state index is -1.09. The van der Waals surface area contributed by atoms with Gasteiger partial charge in [-0.1, -0.05) is 59.0 Å². The molecule has 1 N–H and O–H groups in total. The molecule has 4 rings (SSSR count). The number of esters is 1. The van der Waals surface area contributed by atoms with Crippen molar-refractivity contribution >= 4 is 28.6 Å². The standard InChI is InChI=1S/C17H17IO3/c18-16-8-4-7-13-15(19)21-14(17(13,16)20)12(10-16)9-11-5-2-1-3-6-11/h1-3,5-7,12,14,20H,4,8-10H2/t12-,14?,16-,17+/m1/s1. The number of halogens is 1. The average molecular weight is 396 g/mol. The Morgan fingerprint density at radius 3 is 2.86 bits per heavy atom. The molecule has 4 heteroatoms. The van der Waals surface area contributed by atoms with E-state index in [0.29, 0.717) is 5.57 Å². The molecule has 2 fully saturated rings. The molecule has 0 amide bonds. The predicted octanol–water partition coefficient (Wildman–Crippen LogP) is 2.80. The van der Waals surface area contributed by atoms with Gasteiger partial charge < -0.3 is 9.84 Å². The molecule has 1 saturated heterocycles. The average Bonchev–Trinajstić information content (AvgIpc) is 2.85. The fraction of sp³-hybridized carbons (Fsp3) is 0.471. The number of carbonyl (C=O) groups excluding carboxylic acids is 1. The summed E-state index contributed by atoms with van der Waals surface area (Å²) in [5.41, 5.74) is 0.643. The number of alkyl halides is 1. The van der Waals surface area contributed by atoms with E-state index in [1.54, 1.807) is 0 Å². The Bertz CT molecular complexity index is 626. The maximum Gasteiger partial charge on any atom is 0.337 e. The second-order valence-corrected chi connectivity index (χ2v) is 8.43. The van der Waals surface area contributed by atoms with E-state index in [-0.39, 0.29) is 15.3 Å². The third-order valence-electron chi connectivity index (χ3n) is 5.20. The molecule has 0 bridgehead atoms. The van der Waals surface area contributed by atoms with E-state index < -0.39 is 11.7 Å². The maximum absolute atomic E-state index is 12.1. The summed E-state index contributed by atoms with van der Waals surface area (Å²) in [5.74, 6) is -0.136. The number of benzene rings is 1. The summed E-state index contributed by atoms with van der Waals surface area (Å²) in [6.07, 6.45) is 4.98. The van der Waals surface area contributed by atoms with E-state index in [1.807, 2.05) is 24.3 Å². The van der Waals surface area contributed by atoms with Gasteiger partial charge in [0.2, 0.25) is 0 Å². The monoisotopic (exact) mass is 396 g/mol. The zero-order valence-electron chi connectivity index (χ0n) is 11.6. The Morgan fingerprint density at radius 1 is 1.33 bits per heavy atom. The van der Waals surface area contributed by atoms with Crippen LogP contribution in [0.3, 0.4) is 0 Å². The van der Waals surface area contributed by atoms with E-state index in [9.17, 15) is 9.90 Å². The Morgan fingerprint density at radius 2 is 2.10 bits per heavy atom. The summed E-state index contributed by atoms with van der Waals surface area (Å²) < 4.78 is 5.32. The van der Waals surface area contributed by atoms with Crippen molar-refractivity contribution in [3.63, 3.8) is 0 Å². The molecular weight excluding hydrogens is 379 g/mol. The summed E-state index contributed by atoms with van der Waals surface area (Å²) in [6, 6.07) is 10.2. The number of carbonyl (C=O) groups is 1. The van der Waals surface area contributed by atoms with Crippen molar-refractivity contribution in [2.75, 3.05) is 0 Å². The second-order valence-electron chi connectivity index (χ2n) is 6.37. The molecule has 0 radical (unpaired) electrons. The number of ether oxygens (including phenoxy) is 1. The Labute approximate surface area is 137 Å². The van der Waals surface area contributed by atoms with Gasteiger partial charge in [0.05, 0.1) is 8.99 Å². The molecule has 21 heavy (non-hydrogen) atoms. The molecule has 1 aliphatic heterocycles. The minimum Gasteiger partial charge on any atom is -0.455 e. The Kier molecular flexibility index (Phi) is 2.99. The van der Waals surface area contributed by atoms with Crippen LogP contribution in [-0.4, -0.2) is 26.2 Å². The SMILES string of the molecule is O=C1OC2[C@H](Cc3ccccc3)C[C@]3(I)CCC=C1[C@]23O. The van der Waals surface area contributed by atoms with Crippen LogP contribution in [0.15, 0.2) is 42.0 Å². The van der Waals surface area contributed by atoms with E-state index in [4.69, 9.17) is 4.74 Å². The highest BCUT2D eigenvalue weighted by Crippen LogP contribution is 2.61. The minimum absolute atomic E-state index is 0.183. The van der Waals surface area contributed by atoms with Crippen LogP contribution < -0.4 is 0 Å². The molecule has 1 aromatic rings.